The Bertz CT molecular complexity index is 229. The lowest BCUT2D eigenvalue weighted by molar-refractivity contribution is -0.210. The summed E-state index contributed by atoms with van der Waals surface area (Å²) in [5.41, 5.74) is 0.143. The highest BCUT2D eigenvalue weighted by Gasteiger charge is 2.55. The second-order valence-corrected chi connectivity index (χ2v) is 6.05. The predicted octanol–water partition coefficient (Wildman–Crippen LogP) is 3.52. The Morgan fingerprint density at radius 2 is 1.82 bits per heavy atom. The third-order valence-corrected chi connectivity index (χ3v) is 5.21. The van der Waals surface area contributed by atoms with Crippen molar-refractivity contribution in [1.82, 2.24) is 0 Å². The third kappa shape index (κ3) is 2.53. The van der Waals surface area contributed by atoms with E-state index in [1.165, 1.54) is 44.9 Å². The normalized spacial score (nSPS) is 31.8. The molecule has 0 saturated heterocycles. The first kappa shape index (κ1) is 13.4. The predicted molar refractivity (Wildman–Crippen MR) is 70.0 cm³/mol. The summed E-state index contributed by atoms with van der Waals surface area (Å²) in [6, 6.07) is 0. The molecule has 2 unspecified atom stereocenters. The summed E-state index contributed by atoms with van der Waals surface area (Å²) >= 11 is 0. The van der Waals surface area contributed by atoms with Crippen molar-refractivity contribution in [2.24, 2.45) is 11.3 Å². The Morgan fingerprint density at radius 3 is 2.35 bits per heavy atom. The standard InChI is InChI=1S/C15H28O2/c1-3-12(4-2)11-17-14-10-13(16)15(14)8-6-5-7-9-15/h12-14,16H,3-11H2,1-2H3. The van der Waals surface area contributed by atoms with Gasteiger partial charge in [0.15, 0.2) is 0 Å². The summed E-state index contributed by atoms with van der Waals surface area (Å²) in [7, 11) is 0. The highest BCUT2D eigenvalue weighted by molar-refractivity contribution is 5.05. The van der Waals surface area contributed by atoms with Gasteiger partial charge in [0.05, 0.1) is 12.2 Å². The van der Waals surface area contributed by atoms with Crippen LogP contribution in [0.5, 0.6) is 0 Å². The van der Waals surface area contributed by atoms with Gasteiger partial charge < -0.3 is 9.84 Å². The van der Waals surface area contributed by atoms with E-state index in [1.54, 1.807) is 0 Å². The molecule has 17 heavy (non-hydrogen) atoms. The van der Waals surface area contributed by atoms with Gasteiger partial charge in [-0.2, -0.15) is 0 Å². The van der Waals surface area contributed by atoms with Gasteiger partial charge in [0, 0.05) is 18.4 Å². The van der Waals surface area contributed by atoms with Crippen LogP contribution in [0.3, 0.4) is 0 Å². The van der Waals surface area contributed by atoms with Crippen molar-refractivity contribution in [3.8, 4) is 0 Å². The van der Waals surface area contributed by atoms with Crippen LogP contribution in [0.2, 0.25) is 0 Å². The zero-order valence-corrected chi connectivity index (χ0v) is 11.5. The molecule has 2 nitrogen and oxygen atoms in total. The van der Waals surface area contributed by atoms with Gasteiger partial charge in [-0.1, -0.05) is 46.0 Å². The van der Waals surface area contributed by atoms with Crippen LogP contribution in [0, 0.1) is 11.3 Å². The minimum absolute atomic E-state index is 0.0884. The summed E-state index contributed by atoms with van der Waals surface area (Å²) < 4.78 is 6.13. The van der Waals surface area contributed by atoms with Crippen LogP contribution in [0.25, 0.3) is 0 Å². The fraction of sp³-hybridized carbons (Fsp3) is 1.00. The summed E-state index contributed by atoms with van der Waals surface area (Å²) in [5.74, 6) is 0.702. The first-order chi connectivity index (χ1) is 8.23. The molecule has 0 aliphatic heterocycles. The molecule has 2 aliphatic carbocycles. The average Bonchev–Trinajstić information content (AvgIpc) is 2.39. The lowest BCUT2D eigenvalue weighted by Gasteiger charge is -2.55. The molecular formula is C15H28O2. The van der Waals surface area contributed by atoms with E-state index in [-0.39, 0.29) is 11.5 Å². The van der Waals surface area contributed by atoms with Gasteiger partial charge in [-0.05, 0) is 18.8 Å². The number of rotatable bonds is 5. The van der Waals surface area contributed by atoms with Crippen molar-refractivity contribution >= 4 is 0 Å². The van der Waals surface area contributed by atoms with Crippen molar-refractivity contribution in [1.29, 1.82) is 0 Å². The van der Waals surface area contributed by atoms with E-state index < -0.39 is 0 Å². The van der Waals surface area contributed by atoms with Crippen LogP contribution >= 0.6 is 0 Å². The Balaban J connectivity index is 1.84. The zero-order valence-electron chi connectivity index (χ0n) is 11.5. The molecule has 100 valence electrons. The molecule has 2 saturated carbocycles. The van der Waals surface area contributed by atoms with Gasteiger partial charge in [-0.15, -0.1) is 0 Å². The second-order valence-electron chi connectivity index (χ2n) is 6.05. The van der Waals surface area contributed by atoms with E-state index in [0.717, 1.165) is 13.0 Å². The summed E-state index contributed by atoms with van der Waals surface area (Å²) in [6.07, 6.45) is 9.81. The monoisotopic (exact) mass is 240 g/mol. The Labute approximate surface area is 106 Å². The molecule has 2 rings (SSSR count). The highest BCUT2D eigenvalue weighted by atomic mass is 16.5. The molecule has 0 amide bonds. The summed E-state index contributed by atoms with van der Waals surface area (Å²) in [4.78, 5) is 0. The SMILES string of the molecule is CCC(CC)COC1CC(O)C12CCCCC2. The molecule has 2 heteroatoms. The maximum absolute atomic E-state index is 10.1. The molecule has 2 fully saturated rings. The second kappa shape index (κ2) is 5.71. The van der Waals surface area contributed by atoms with Crippen molar-refractivity contribution in [2.75, 3.05) is 6.61 Å². The number of aliphatic hydroxyl groups excluding tert-OH is 1. The van der Waals surface area contributed by atoms with E-state index in [2.05, 4.69) is 13.8 Å². The fourth-order valence-corrected chi connectivity index (χ4v) is 3.60. The molecule has 2 atom stereocenters. The Hall–Kier alpha value is -0.0800. The van der Waals surface area contributed by atoms with Gasteiger partial charge >= 0.3 is 0 Å². The Morgan fingerprint density at radius 1 is 1.18 bits per heavy atom. The fourth-order valence-electron chi connectivity index (χ4n) is 3.60. The minimum atomic E-state index is -0.0884. The molecule has 0 aromatic carbocycles. The van der Waals surface area contributed by atoms with Crippen molar-refractivity contribution in [3.63, 3.8) is 0 Å². The molecule has 0 bridgehead atoms. The van der Waals surface area contributed by atoms with Crippen LogP contribution < -0.4 is 0 Å². The lowest BCUT2D eigenvalue weighted by atomic mass is 9.56. The molecule has 0 heterocycles. The number of aliphatic hydroxyl groups is 1. The van der Waals surface area contributed by atoms with Crippen LogP contribution in [0.1, 0.15) is 65.2 Å². The van der Waals surface area contributed by atoms with Crippen molar-refractivity contribution in [3.05, 3.63) is 0 Å². The van der Waals surface area contributed by atoms with E-state index in [1.807, 2.05) is 0 Å². The van der Waals surface area contributed by atoms with Crippen molar-refractivity contribution < 1.29 is 9.84 Å². The van der Waals surface area contributed by atoms with Crippen LogP contribution in [-0.4, -0.2) is 23.9 Å². The summed E-state index contributed by atoms with van der Waals surface area (Å²) in [6.45, 7) is 5.37. The topological polar surface area (TPSA) is 29.5 Å². The highest BCUT2D eigenvalue weighted by Crippen LogP contribution is 2.53. The first-order valence-corrected chi connectivity index (χ1v) is 7.52. The smallest absolute Gasteiger partial charge is 0.0681 e. The van der Waals surface area contributed by atoms with Gasteiger partial charge in [-0.25, -0.2) is 0 Å². The van der Waals surface area contributed by atoms with E-state index >= 15 is 0 Å². The van der Waals surface area contributed by atoms with Crippen molar-refractivity contribution in [2.45, 2.75) is 77.4 Å². The average molecular weight is 240 g/mol. The lowest BCUT2D eigenvalue weighted by Crippen LogP contribution is -2.59. The van der Waals surface area contributed by atoms with Gasteiger partial charge in [-0.3, -0.25) is 0 Å². The maximum Gasteiger partial charge on any atom is 0.0681 e. The van der Waals surface area contributed by atoms with Gasteiger partial charge in [0.1, 0.15) is 0 Å². The summed E-state index contributed by atoms with van der Waals surface area (Å²) in [5, 5.41) is 10.1. The van der Waals surface area contributed by atoms with E-state index in [4.69, 9.17) is 4.74 Å². The molecule has 1 spiro atoms. The molecular weight excluding hydrogens is 212 g/mol. The zero-order chi connectivity index (χ0) is 12.3. The molecule has 1 N–H and O–H groups in total. The molecule has 0 aromatic heterocycles. The van der Waals surface area contributed by atoms with E-state index in [9.17, 15) is 5.11 Å². The number of hydrogen-bond donors (Lipinski definition) is 1. The van der Waals surface area contributed by atoms with E-state index in [0.29, 0.717) is 12.0 Å². The minimum Gasteiger partial charge on any atom is -0.392 e. The largest absolute Gasteiger partial charge is 0.392 e. The molecule has 2 aliphatic rings. The molecule has 0 radical (unpaired) electrons. The maximum atomic E-state index is 10.1. The van der Waals surface area contributed by atoms with Crippen LogP contribution in [0.4, 0.5) is 0 Å². The van der Waals surface area contributed by atoms with Crippen LogP contribution in [0.15, 0.2) is 0 Å². The van der Waals surface area contributed by atoms with Gasteiger partial charge in [0.2, 0.25) is 0 Å². The number of hydrogen-bond acceptors (Lipinski definition) is 2. The first-order valence-electron chi connectivity index (χ1n) is 7.52. The van der Waals surface area contributed by atoms with Crippen LogP contribution in [-0.2, 0) is 4.74 Å². The number of ether oxygens (including phenoxy) is 1. The molecule has 0 aromatic rings. The third-order valence-electron chi connectivity index (χ3n) is 5.21. The quantitative estimate of drug-likeness (QED) is 0.796. The Kier molecular flexibility index (Phi) is 4.48. The van der Waals surface area contributed by atoms with Gasteiger partial charge in [0.25, 0.3) is 0 Å².